The molecule has 1 fully saturated rings. The molecule has 0 saturated heterocycles. The van der Waals surface area contributed by atoms with Crippen LogP contribution in [0.1, 0.15) is 13.3 Å². The number of halogens is 2. The number of carbonyl (C=O) groups is 1. The topological polar surface area (TPSA) is 49.3 Å². The van der Waals surface area contributed by atoms with E-state index in [-0.39, 0.29) is 5.91 Å². The molecule has 1 aliphatic heterocycles. The number of hydrogen-bond donors (Lipinski definition) is 0. The number of aromatic nitrogens is 2. The van der Waals surface area contributed by atoms with Crippen LogP contribution in [0, 0.1) is 5.41 Å². The Hall–Kier alpha value is -1.59. The van der Waals surface area contributed by atoms with Crippen LogP contribution in [0.3, 0.4) is 0 Å². The third-order valence-electron chi connectivity index (χ3n) is 4.79. The van der Waals surface area contributed by atoms with E-state index >= 15 is 0 Å². The number of amides is 1. The van der Waals surface area contributed by atoms with Crippen molar-refractivity contribution in [3.63, 3.8) is 0 Å². The quantitative estimate of drug-likeness (QED) is 0.741. The molecule has 1 aromatic heterocycles. The minimum absolute atomic E-state index is 0.0820. The first kappa shape index (κ1) is 15.0. The summed E-state index contributed by atoms with van der Waals surface area (Å²) in [5, 5.41) is 0. The van der Waals surface area contributed by atoms with Crippen LogP contribution in [0.15, 0.2) is 24.3 Å². The zero-order valence-corrected chi connectivity index (χ0v) is 14.4. The molecular formula is C16H16Cl2N4O. The second-order valence-electron chi connectivity index (χ2n) is 6.45. The normalized spacial score (nSPS) is 25.4. The third-order valence-corrected chi connectivity index (χ3v) is 5.89. The lowest BCUT2D eigenvalue weighted by Crippen LogP contribution is -2.47. The predicted octanol–water partition coefficient (Wildman–Crippen LogP) is 3.00. The molecule has 2 aromatic rings. The molecule has 2 aliphatic rings. The molecule has 1 amide bonds. The van der Waals surface area contributed by atoms with Crippen molar-refractivity contribution in [3.8, 4) is 0 Å². The molecule has 2 heterocycles. The van der Waals surface area contributed by atoms with Gasteiger partial charge in [0.15, 0.2) is 11.6 Å². The van der Waals surface area contributed by atoms with Crippen molar-refractivity contribution >= 4 is 51.8 Å². The average molecular weight is 351 g/mol. The van der Waals surface area contributed by atoms with Gasteiger partial charge in [-0.25, -0.2) is 9.97 Å². The maximum absolute atomic E-state index is 13.0. The number of hydrogen-bond acceptors (Lipinski definition) is 4. The Bertz CT molecular complexity index is 825. The van der Waals surface area contributed by atoms with Crippen molar-refractivity contribution in [1.29, 1.82) is 0 Å². The molecule has 1 aromatic carbocycles. The maximum Gasteiger partial charge on any atom is 0.237 e. The lowest BCUT2D eigenvalue weighted by molar-refractivity contribution is -0.123. The first-order valence-corrected chi connectivity index (χ1v) is 8.27. The highest BCUT2D eigenvalue weighted by atomic mass is 35.5. The van der Waals surface area contributed by atoms with Gasteiger partial charge in [0.1, 0.15) is 4.33 Å². The summed E-state index contributed by atoms with van der Waals surface area (Å²) < 4.78 is -0.988. The smallest absolute Gasteiger partial charge is 0.237 e. The number of nitrogens with zero attached hydrogens (tertiary/aromatic N) is 4. The third kappa shape index (κ3) is 2.10. The van der Waals surface area contributed by atoms with E-state index in [1.165, 1.54) is 0 Å². The molecule has 0 bridgehead atoms. The summed E-state index contributed by atoms with van der Waals surface area (Å²) in [6, 6.07) is 7.65. The Morgan fingerprint density at radius 1 is 1.13 bits per heavy atom. The van der Waals surface area contributed by atoms with Gasteiger partial charge in [-0.05, 0) is 25.5 Å². The number of anilines is 2. The van der Waals surface area contributed by atoms with E-state index in [4.69, 9.17) is 23.2 Å². The predicted molar refractivity (Wildman–Crippen MR) is 92.3 cm³/mol. The molecule has 120 valence electrons. The number of para-hydroxylation sites is 2. The van der Waals surface area contributed by atoms with Crippen molar-refractivity contribution < 1.29 is 4.79 Å². The van der Waals surface area contributed by atoms with E-state index in [9.17, 15) is 4.79 Å². The van der Waals surface area contributed by atoms with Crippen molar-refractivity contribution in [2.45, 2.75) is 17.7 Å². The van der Waals surface area contributed by atoms with Crippen LogP contribution in [-0.2, 0) is 4.79 Å². The summed E-state index contributed by atoms with van der Waals surface area (Å²) in [4.78, 5) is 26.0. The summed E-state index contributed by atoms with van der Waals surface area (Å²) in [6.07, 6.45) is 0.463. The fraction of sp³-hybridized carbons (Fsp3) is 0.438. The number of benzene rings is 1. The SMILES string of the molecule is CN1CCN(C(=O)[C@]2(C)CC2(Cl)Cl)c2nc3ccccc3nc21. The molecule has 0 unspecified atom stereocenters. The molecule has 23 heavy (non-hydrogen) atoms. The molecule has 0 radical (unpaired) electrons. The van der Waals surface area contributed by atoms with E-state index in [1.807, 2.05) is 43.1 Å². The van der Waals surface area contributed by atoms with Crippen LogP contribution in [-0.4, -0.2) is 40.3 Å². The first-order valence-electron chi connectivity index (χ1n) is 7.51. The van der Waals surface area contributed by atoms with Crippen molar-refractivity contribution in [3.05, 3.63) is 24.3 Å². The number of alkyl halides is 2. The standard InChI is InChI=1S/C16H16Cl2N4O/c1-15(9-16(15,17)18)14(23)22-8-7-21(2)12-13(22)20-11-6-4-3-5-10(11)19-12/h3-6H,7-9H2,1-2H3/t15-/m0/s1. The average Bonchev–Trinajstić information content (AvgIpc) is 3.05. The summed E-state index contributed by atoms with van der Waals surface area (Å²) in [5.41, 5.74) is 0.828. The Morgan fingerprint density at radius 3 is 2.26 bits per heavy atom. The van der Waals surface area contributed by atoms with E-state index < -0.39 is 9.75 Å². The van der Waals surface area contributed by atoms with Crippen LogP contribution >= 0.6 is 23.2 Å². The molecule has 4 rings (SSSR count). The minimum Gasteiger partial charge on any atom is -0.355 e. The van der Waals surface area contributed by atoms with Gasteiger partial charge in [0.25, 0.3) is 0 Å². The van der Waals surface area contributed by atoms with E-state index in [2.05, 4.69) is 9.97 Å². The van der Waals surface area contributed by atoms with Gasteiger partial charge in [-0.1, -0.05) is 12.1 Å². The van der Waals surface area contributed by atoms with Crippen LogP contribution < -0.4 is 9.80 Å². The van der Waals surface area contributed by atoms with Gasteiger partial charge in [0.05, 0.1) is 16.4 Å². The minimum atomic E-state index is -0.988. The second kappa shape index (κ2) is 4.71. The van der Waals surface area contributed by atoms with Crippen molar-refractivity contribution in [1.82, 2.24) is 9.97 Å². The second-order valence-corrected chi connectivity index (χ2v) is 7.94. The number of fused-ring (bicyclic) bond motifs is 2. The highest BCUT2D eigenvalue weighted by Gasteiger charge is 2.69. The molecule has 1 aliphatic carbocycles. The van der Waals surface area contributed by atoms with Gasteiger partial charge in [-0.3, -0.25) is 9.69 Å². The summed E-state index contributed by atoms with van der Waals surface area (Å²) in [5.74, 6) is 1.21. The van der Waals surface area contributed by atoms with Crippen molar-refractivity contribution in [2.75, 3.05) is 29.9 Å². The van der Waals surface area contributed by atoms with Gasteiger partial charge >= 0.3 is 0 Å². The molecule has 0 N–H and O–H groups in total. The van der Waals surface area contributed by atoms with Gasteiger partial charge in [0, 0.05) is 20.1 Å². The lowest BCUT2D eigenvalue weighted by Gasteiger charge is -2.35. The Morgan fingerprint density at radius 2 is 1.70 bits per heavy atom. The zero-order valence-electron chi connectivity index (χ0n) is 12.9. The van der Waals surface area contributed by atoms with Crippen molar-refractivity contribution in [2.24, 2.45) is 5.41 Å². The maximum atomic E-state index is 13.0. The number of rotatable bonds is 1. The van der Waals surface area contributed by atoms with Gasteiger partial charge in [0.2, 0.25) is 5.91 Å². The molecule has 7 heteroatoms. The van der Waals surface area contributed by atoms with Gasteiger partial charge < -0.3 is 4.90 Å². The zero-order chi connectivity index (χ0) is 16.4. The fourth-order valence-electron chi connectivity index (χ4n) is 3.01. The monoisotopic (exact) mass is 350 g/mol. The van der Waals surface area contributed by atoms with Gasteiger partial charge in [-0.15, -0.1) is 23.2 Å². The Kier molecular flexibility index (Phi) is 3.06. The Labute approximate surface area is 144 Å². The number of carbonyl (C=O) groups excluding carboxylic acids is 1. The summed E-state index contributed by atoms with van der Waals surface area (Å²) in [6.45, 7) is 3.05. The van der Waals surface area contributed by atoms with E-state index in [1.54, 1.807) is 4.90 Å². The summed E-state index contributed by atoms with van der Waals surface area (Å²) >= 11 is 12.4. The van der Waals surface area contributed by atoms with Crippen LogP contribution in [0.2, 0.25) is 0 Å². The van der Waals surface area contributed by atoms with Crippen LogP contribution in [0.25, 0.3) is 11.0 Å². The molecular weight excluding hydrogens is 335 g/mol. The van der Waals surface area contributed by atoms with Gasteiger partial charge in [-0.2, -0.15) is 0 Å². The molecule has 1 atom stereocenters. The molecule has 0 spiro atoms. The highest BCUT2D eigenvalue weighted by Crippen LogP contribution is 2.64. The molecule has 1 saturated carbocycles. The first-order chi connectivity index (χ1) is 10.8. The van der Waals surface area contributed by atoms with E-state index in [0.29, 0.717) is 31.1 Å². The number of likely N-dealkylation sites (N-methyl/N-ethyl adjacent to an activating group) is 1. The van der Waals surface area contributed by atoms with E-state index in [0.717, 1.165) is 11.0 Å². The summed E-state index contributed by atoms with van der Waals surface area (Å²) in [7, 11) is 1.95. The molecule has 5 nitrogen and oxygen atoms in total. The fourth-order valence-corrected chi connectivity index (χ4v) is 3.70. The Balaban J connectivity index is 1.82. The lowest BCUT2D eigenvalue weighted by atomic mass is 10.1. The van der Waals surface area contributed by atoms with Crippen LogP contribution in [0.5, 0.6) is 0 Å². The largest absolute Gasteiger partial charge is 0.355 e. The van der Waals surface area contributed by atoms with Crippen LogP contribution in [0.4, 0.5) is 11.6 Å². The highest BCUT2D eigenvalue weighted by molar-refractivity contribution is 6.53.